The van der Waals surface area contributed by atoms with Crippen LogP contribution in [-0.4, -0.2) is 15.0 Å². The Bertz CT molecular complexity index is 700. The SMILES string of the molecule is FC(F)(F)c1nc2ccccc2c2nc[nH]c12. The predicted octanol–water partition coefficient (Wildman–Crippen LogP) is 3.13. The molecule has 0 saturated carbocycles. The highest BCUT2D eigenvalue weighted by Crippen LogP contribution is 2.34. The van der Waals surface area contributed by atoms with Crippen molar-refractivity contribution < 1.29 is 13.2 Å². The van der Waals surface area contributed by atoms with Gasteiger partial charge in [0.25, 0.3) is 0 Å². The van der Waals surface area contributed by atoms with E-state index in [0.29, 0.717) is 16.4 Å². The molecule has 3 rings (SSSR count). The van der Waals surface area contributed by atoms with E-state index in [1.807, 2.05) is 0 Å². The van der Waals surface area contributed by atoms with Crippen molar-refractivity contribution in [2.45, 2.75) is 6.18 Å². The smallest absolute Gasteiger partial charge is 0.343 e. The monoisotopic (exact) mass is 237 g/mol. The first-order chi connectivity index (χ1) is 8.07. The van der Waals surface area contributed by atoms with Crippen molar-refractivity contribution in [3.05, 3.63) is 36.3 Å². The third-order valence-corrected chi connectivity index (χ3v) is 2.54. The van der Waals surface area contributed by atoms with Crippen molar-refractivity contribution in [2.75, 3.05) is 0 Å². The van der Waals surface area contributed by atoms with Gasteiger partial charge in [0, 0.05) is 5.39 Å². The number of halogens is 3. The quantitative estimate of drug-likeness (QED) is 0.652. The Morgan fingerprint density at radius 2 is 1.88 bits per heavy atom. The molecular formula is C11H6F3N3. The first kappa shape index (κ1) is 10.1. The summed E-state index contributed by atoms with van der Waals surface area (Å²) in [5.74, 6) is 0. The number of aromatic amines is 1. The maximum atomic E-state index is 12.8. The normalized spacial score (nSPS) is 12.4. The number of H-pyrrole nitrogens is 1. The van der Waals surface area contributed by atoms with Gasteiger partial charge in [-0.2, -0.15) is 13.2 Å². The van der Waals surface area contributed by atoms with Gasteiger partial charge >= 0.3 is 6.18 Å². The average Bonchev–Trinajstić information content (AvgIpc) is 2.75. The largest absolute Gasteiger partial charge is 0.435 e. The molecule has 0 atom stereocenters. The highest BCUT2D eigenvalue weighted by Gasteiger charge is 2.36. The number of rotatable bonds is 0. The Hall–Kier alpha value is -2.11. The number of fused-ring (bicyclic) bond motifs is 3. The van der Waals surface area contributed by atoms with Crippen LogP contribution in [0.3, 0.4) is 0 Å². The standard InChI is InChI=1S/C11H6F3N3/c12-11(13,14)10-9-8(15-5-16-9)6-3-1-2-4-7(6)17-10/h1-5H,(H,15,16). The zero-order valence-electron chi connectivity index (χ0n) is 8.42. The number of hydrogen-bond acceptors (Lipinski definition) is 2. The maximum Gasteiger partial charge on any atom is 0.435 e. The first-order valence-corrected chi connectivity index (χ1v) is 4.86. The molecule has 17 heavy (non-hydrogen) atoms. The summed E-state index contributed by atoms with van der Waals surface area (Å²) in [7, 11) is 0. The van der Waals surface area contributed by atoms with Gasteiger partial charge in [-0.05, 0) is 6.07 Å². The Morgan fingerprint density at radius 1 is 1.12 bits per heavy atom. The van der Waals surface area contributed by atoms with Crippen molar-refractivity contribution in [1.82, 2.24) is 15.0 Å². The minimum absolute atomic E-state index is 0.0730. The summed E-state index contributed by atoms with van der Waals surface area (Å²) in [4.78, 5) is 10.1. The number of hydrogen-bond donors (Lipinski definition) is 1. The molecule has 3 aromatic rings. The Kier molecular flexibility index (Phi) is 1.89. The summed E-state index contributed by atoms with van der Waals surface area (Å²) in [6.45, 7) is 0. The van der Waals surface area contributed by atoms with Crippen LogP contribution in [0.1, 0.15) is 5.69 Å². The third kappa shape index (κ3) is 1.44. The van der Waals surface area contributed by atoms with Crippen molar-refractivity contribution in [1.29, 1.82) is 0 Å². The second-order valence-corrected chi connectivity index (χ2v) is 3.60. The lowest BCUT2D eigenvalue weighted by atomic mass is 10.1. The second kappa shape index (κ2) is 3.19. The summed E-state index contributed by atoms with van der Waals surface area (Å²) >= 11 is 0. The Balaban J connectivity index is 2.53. The van der Waals surface area contributed by atoms with Gasteiger partial charge in [-0.1, -0.05) is 18.2 Å². The number of pyridine rings is 1. The van der Waals surface area contributed by atoms with E-state index in [0.717, 1.165) is 0 Å². The van der Waals surface area contributed by atoms with Crippen LogP contribution >= 0.6 is 0 Å². The summed E-state index contributed by atoms with van der Waals surface area (Å²) in [6.07, 6.45) is -3.25. The average molecular weight is 237 g/mol. The zero-order chi connectivity index (χ0) is 12.0. The van der Waals surface area contributed by atoms with Crippen LogP contribution in [0.5, 0.6) is 0 Å². The van der Waals surface area contributed by atoms with E-state index >= 15 is 0 Å². The highest BCUT2D eigenvalue weighted by molar-refractivity contribution is 6.02. The highest BCUT2D eigenvalue weighted by atomic mass is 19.4. The van der Waals surface area contributed by atoms with Crippen molar-refractivity contribution >= 4 is 21.9 Å². The van der Waals surface area contributed by atoms with E-state index < -0.39 is 11.9 Å². The van der Waals surface area contributed by atoms with Gasteiger partial charge in [-0.15, -0.1) is 0 Å². The van der Waals surface area contributed by atoms with Crippen molar-refractivity contribution in [3.8, 4) is 0 Å². The molecule has 0 amide bonds. The first-order valence-electron chi connectivity index (χ1n) is 4.86. The van der Waals surface area contributed by atoms with Gasteiger partial charge in [0.05, 0.1) is 22.9 Å². The van der Waals surface area contributed by atoms with Crippen LogP contribution in [-0.2, 0) is 6.18 Å². The van der Waals surface area contributed by atoms with Crippen LogP contribution in [0.2, 0.25) is 0 Å². The summed E-state index contributed by atoms with van der Waals surface area (Å²) in [6, 6.07) is 6.63. The van der Waals surface area contributed by atoms with Crippen molar-refractivity contribution in [3.63, 3.8) is 0 Å². The molecule has 0 spiro atoms. The fraction of sp³-hybridized carbons (Fsp3) is 0.0909. The van der Waals surface area contributed by atoms with Crippen LogP contribution in [0.25, 0.3) is 21.9 Å². The lowest BCUT2D eigenvalue weighted by Crippen LogP contribution is -2.09. The van der Waals surface area contributed by atoms with Gasteiger partial charge in [-0.25, -0.2) is 9.97 Å². The molecule has 0 saturated heterocycles. The minimum atomic E-state index is -4.49. The molecule has 0 radical (unpaired) electrons. The van der Waals surface area contributed by atoms with Gasteiger partial charge in [0.1, 0.15) is 0 Å². The number of benzene rings is 1. The zero-order valence-corrected chi connectivity index (χ0v) is 8.42. The van der Waals surface area contributed by atoms with Gasteiger partial charge in [0.15, 0.2) is 5.69 Å². The fourth-order valence-electron chi connectivity index (χ4n) is 1.83. The van der Waals surface area contributed by atoms with Crippen LogP contribution in [0, 0.1) is 0 Å². The third-order valence-electron chi connectivity index (χ3n) is 2.54. The van der Waals surface area contributed by atoms with E-state index in [1.54, 1.807) is 24.3 Å². The molecule has 0 fully saturated rings. The Labute approximate surface area is 93.3 Å². The van der Waals surface area contributed by atoms with Crippen LogP contribution < -0.4 is 0 Å². The lowest BCUT2D eigenvalue weighted by Gasteiger charge is -2.08. The molecule has 0 aliphatic carbocycles. The number of nitrogens with zero attached hydrogens (tertiary/aromatic N) is 2. The number of alkyl halides is 3. The summed E-state index contributed by atoms with van der Waals surface area (Å²) in [5, 5.41) is 0.608. The van der Waals surface area contributed by atoms with E-state index in [-0.39, 0.29) is 5.52 Å². The summed E-state index contributed by atoms with van der Waals surface area (Å²) in [5.41, 5.74) is -0.415. The molecule has 3 nitrogen and oxygen atoms in total. The molecule has 0 bridgehead atoms. The number of para-hydroxylation sites is 1. The summed E-state index contributed by atoms with van der Waals surface area (Å²) < 4.78 is 38.4. The molecule has 1 aromatic carbocycles. The topological polar surface area (TPSA) is 41.6 Å². The fourth-order valence-corrected chi connectivity index (χ4v) is 1.83. The molecule has 2 aromatic heterocycles. The van der Waals surface area contributed by atoms with Crippen LogP contribution in [0.15, 0.2) is 30.6 Å². The van der Waals surface area contributed by atoms with E-state index in [4.69, 9.17) is 0 Å². The van der Waals surface area contributed by atoms with E-state index in [1.165, 1.54) is 6.33 Å². The van der Waals surface area contributed by atoms with E-state index in [9.17, 15) is 13.2 Å². The number of aromatic nitrogens is 3. The van der Waals surface area contributed by atoms with Gasteiger partial charge in [0.2, 0.25) is 0 Å². The molecule has 6 heteroatoms. The molecule has 2 heterocycles. The molecule has 1 N–H and O–H groups in total. The minimum Gasteiger partial charge on any atom is -0.343 e. The number of nitrogens with one attached hydrogen (secondary N) is 1. The Morgan fingerprint density at radius 3 is 2.65 bits per heavy atom. The lowest BCUT2D eigenvalue weighted by molar-refractivity contribution is -0.139. The van der Waals surface area contributed by atoms with Gasteiger partial charge in [-0.3, -0.25) is 0 Å². The molecule has 0 aliphatic heterocycles. The van der Waals surface area contributed by atoms with Crippen LogP contribution in [0.4, 0.5) is 13.2 Å². The molecule has 86 valence electrons. The van der Waals surface area contributed by atoms with E-state index in [2.05, 4.69) is 15.0 Å². The molecule has 0 unspecified atom stereocenters. The van der Waals surface area contributed by atoms with Gasteiger partial charge < -0.3 is 4.98 Å². The molecular weight excluding hydrogens is 231 g/mol. The van der Waals surface area contributed by atoms with Crippen molar-refractivity contribution in [2.24, 2.45) is 0 Å². The predicted molar refractivity (Wildman–Crippen MR) is 56.4 cm³/mol. The maximum absolute atomic E-state index is 12.8. The number of imidazole rings is 1. The second-order valence-electron chi connectivity index (χ2n) is 3.60. The molecule has 0 aliphatic rings.